The van der Waals surface area contributed by atoms with Crippen LogP contribution < -0.4 is 20.7 Å². The highest BCUT2D eigenvalue weighted by molar-refractivity contribution is 5.98. The number of carbonyl (C=O) groups is 2. The van der Waals surface area contributed by atoms with Crippen molar-refractivity contribution in [1.82, 2.24) is 10.6 Å². The first-order valence-electron chi connectivity index (χ1n) is 8.11. The molecule has 0 radical (unpaired) electrons. The third-order valence-corrected chi connectivity index (χ3v) is 4.05. The van der Waals surface area contributed by atoms with Gasteiger partial charge in [-0.05, 0) is 31.9 Å². The summed E-state index contributed by atoms with van der Waals surface area (Å²) in [6, 6.07) is 6.54. The minimum Gasteiger partial charge on any atom is -0.495 e. The monoisotopic (exact) mass is 319 g/mol. The number of anilines is 1. The van der Waals surface area contributed by atoms with Crippen LogP contribution in [0.25, 0.3) is 0 Å². The number of nitrogens with one attached hydrogen (secondary N) is 3. The summed E-state index contributed by atoms with van der Waals surface area (Å²) in [7, 11) is 1.57. The number of carbonyl (C=O) groups excluding carboxylic acids is 2. The van der Waals surface area contributed by atoms with E-state index in [1.165, 1.54) is 6.42 Å². The average molecular weight is 319 g/mol. The molecular weight excluding hydrogens is 294 g/mol. The lowest BCUT2D eigenvalue weighted by Crippen LogP contribution is -2.49. The first-order chi connectivity index (χ1) is 11.1. The van der Waals surface area contributed by atoms with Gasteiger partial charge in [0.1, 0.15) is 11.8 Å². The van der Waals surface area contributed by atoms with Gasteiger partial charge in [0.05, 0.1) is 12.8 Å². The fraction of sp³-hybridized carbons (Fsp3) is 0.529. The predicted molar refractivity (Wildman–Crippen MR) is 89.6 cm³/mol. The fourth-order valence-electron chi connectivity index (χ4n) is 2.75. The Balaban J connectivity index is 1.83. The molecule has 23 heavy (non-hydrogen) atoms. The van der Waals surface area contributed by atoms with Gasteiger partial charge in [0.2, 0.25) is 5.91 Å². The number of ether oxygens (including phenoxy) is 1. The summed E-state index contributed by atoms with van der Waals surface area (Å²) in [5.41, 5.74) is 0.713. The molecule has 2 rings (SSSR count). The van der Waals surface area contributed by atoms with E-state index in [0.29, 0.717) is 11.4 Å². The maximum atomic E-state index is 12.1. The molecule has 1 atom stereocenters. The van der Waals surface area contributed by atoms with Gasteiger partial charge in [0, 0.05) is 6.04 Å². The van der Waals surface area contributed by atoms with Gasteiger partial charge in [-0.15, -0.1) is 0 Å². The molecule has 1 aromatic rings. The van der Waals surface area contributed by atoms with Crippen molar-refractivity contribution < 1.29 is 14.3 Å². The SMILES string of the molecule is COc1ccccc1N[C@@H](C)C(=O)NC(=O)NC1CCCCC1. The van der Waals surface area contributed by atoms with Crippen LogP contribution in [0.3, 0.4) is 0 Å². The van der Waals surface area contributed by atoms with Crippen LogP contribution >= 0.6 is 0 Å². The van der Waals surface area contributed by atoms with Crippen molar-refractivity contribution in [3.63, 3.8) is 0 Å². The maximum Gasteiger partial charge on any atom is 0.321 e. The normalized spacial score (nSPS) is 16.3. The second-order valence-corrected chi connectivity index (χ2v) is 5.86. The third kappa shape index (κ3) is 5.16. The van der Waals surface area contributed by atoms with Crippen LogP contribution in [-0.4, -0.2) is 31.1 Å². The van der Waals surface area contributed by atoms with E-state index in [1.807, 2.05) is 24.3 Å². The number of hydrogen-bond donors (Lipinski definition) is 3. The standard InChI is InChI=1S/C17H25N3O3/c1-12(18-14-10-6-7-11-15(14)23-2)16(21)20-17(22)19-13-8-4-3-5-9-13/h6-7,10-13,18H,3-5,8-9H2,1-2H3,(H2,19,20,21,22)/t12-/m0/s1. The Bertz CT molecular complexity index is 542. The van der Waals surface area contributed by atoms with Gasteiger partial charge < -0.3 is 15.4 Å². The molecule has 1 aromatic carbocycles. The summed E-state index contributed by atoms with van der Waals surface area (Å²) in [4.78, 5) is 24.0. The molecule has 3 N–H and O–H groups in total. The summed E-state index contributed by atoms with van der Waals surface area (Å²) in [6.45, 7) is 1.70. The first-order valence-corrected chi connectivity index (χ1v) is 8.11. The number of benzene rings is 1. The van der Waals surface area contributed by atoms with Gasteiger partial charge >= 0.3 is 6.03 Å². The van der Waals surface area contributed by atoms with Crippen LogP contribution in [-0.2, 0) is 4.79 Å². The minimum atomic E-state index is -0.552. The second kappa shape index (κ2) is 8.41. The van der Waals surface area contributed by atoms with Crippen LogP contribution in [0.1, 0.15) is 39.0 Å². The van der Waals surface area contributed by atoms with E-state index in [4.69, 9.17) is 4.74 Å². The molecule has 1 fully saturated rings. The molecule has 0 heterocycles. The van der Waals surface area contributed by atoms with Crippen molar-refractivity contribution in [2.75, 3.05) is 12.4 Å². The van der Waals surface area contributed by atoms with Crippen molar-refractivity contribution in [3.8, 4) is 5.75 Å². The smallest absolute Gasteiger partial charge is 0.321 e. The highest BCUT2D eigenvalue weighted by atomic mass is 16.5. The number of imide groups is 1. The molecular formula is C17H25N3O3. The van der Waals surface area contributed by atoms with Crippen LogP contribution in [0, 0.1) is 0 Å². The van der Waals surface area contributed by atoms with E-state index < -0.39 is 12.1 Å². The summed E-state index contributed by atoms with van der Waals surface area (Å²) in [6.07, 6.45) is 5.45. The number of urea groups is 1. The van der Waals surface area contributed by atoms with E-state index in [-0.39, 0.29) is 11.9 Å². The summed E-state index contributed by atoms with van der Waals surface area (Å²) in [5, 5.41) is 8.31. The zero-order valence-corrected chi connectivity index (χ0v) is 13.7. The Morgan fingerprint density at radius 3 is 2.57 bits per heavy atom. The van der Waals surface area contributed by atoms with Gasteiger partial charge in [0.15, 0.2) is 0 Å². The van der Waals surface area contributed by atoms with E-state index >= 15 is 0 Å². The van der Waals surface area contributed by atoms with Crippen LogP contribution in [0.4, 0.5) is 10.5 Å². The van der Waals surface area contributed by atoms with Crippen molar-refractivity contribution in [1.29, 1.82) is 0 Å². The minimum absolute atomic E-state index is 0.175. The molecule has 0 aromatic heterocycles. The van der Waals surface area contributed by atoms with Gasteiger partial charge in [-0.25, -0.2) is 4.79 Å². The summed E-state index contributed by atoms with van der Waals surface area (Å²) >= 11 is 0. The Morgan fingerprint density at radius 1 is 1.17 bits per heavy atom. The Labute approximate surface area is 137 Å². The molecule has 0 spiro atoms. The third-order valence-electron chi connectivity index (χ3n) is 4.05. The van der Waals surface area contributed by atoms with E-state index in [0.717, 1.165) is 25.7 Å². The molecule has 0 saturated heterocycles. The van der Waals surface area contributed by atoms with Crippen LogP contribution in [0.2, 0.25) is 0 Å². The first kappa shape index (κ1) is 17.1. The molecule has 0 aliphatic heterocycles. The molecule has 126 valence electrons. The lowest BCUT2D eigenvalue weighted by molar-refractivity contribution is -0.120. The van der Waals surface area contributed by atoms with Gasteiger partial charge in [-0.3, -0.25) is 10.1 Å². The lowest BCUT2D eigenvalue weighted by atomic mass is 9.96. The maximum absolute atomic E-state index is 12.1. The molecule has 0 bridgehead atoms. The number of amides is 3. The van der Waals surface area contributed by atoms with Crippen LogP contribution in [0.5, 0.6) is 5.75 Å². The quantitative estimate of drug-likeness (QED) is 0.779. The number of rotatable bonds is 5. The molecule has 1 saturated carbocycles. The number of methoxy groups -OCH3 is 1. The van der Waals surface area contributed by atoms with Crippen molar-refractivity contribution >= 4 is 17.6 Å². The largest absolute Gasteiger partial charge is 0.495 e. The van der Waals surface area contributed by atoms with Gasteiger partial charge in [-0.2, -0.15) is 0 Å². The average Bonchev–Trinajstić information content (AvgIpc) is 2.56. The molecule has 3 amide bonds. The van der Waals surface area contributed by atoms with Gasteiger partial charge in [0.25, 0.3) is 0 Å². The van der Waals surface area contributed by atoms with E-state index in [1.54, 1.807) is 14.0 Å². The zero-order chi connectivity index (χ0) is 16.7. The zero-order valence-electron chi connectivity index (χ0n) is 13.7. The number of para-hydroxylation sites is 2. The van der Waals surface area contributed by atoms with Crippen molar-refractivity contribution in [2.45, 2.75) is 51.1 Å². The van der Waals surface area contributed by atoms with Crippen molar-refractivity contribution in [3.05, 3.63) is 24.3 Å². The molecule has 0 unspecified atom stereocenters. The summed E-state index contributed by atoms with van der Waals surface area (Å²) in [5.74, 6) is 0.281. The molecule has 1 aliphatic rings. The Kier molecular flexibility index (Phi) is 6.26. The Hall–Kier alpha value is -2.24. The molecule has 6 heteroatoms. The Morgan fingerprint density at radius 2 is 1.87 bits per heavy atom. The topological polar surface area (TPSA) is 79.5 Å². The molecule has 1 aliphatic carbocycles. The predicted octanol–water partition coefficient (Wildman–Crippen LogP) is 2.65. The lowest BCUT2D eigenvalue weighted by Gasteiger charge is -2.23. The highest BCUT2D eigenvalue weighted by Crippen LogP contribution is 2.23. The molecule has 6 nitrogen and oxygen atoms in total. The van der Waals surface area contributed by atoms with Gasteiger partial charge in [-0.1, -0.05) is 31.4 Å². The van der Waals surface area contributed by atoms with Crippen LogP contribution in [0.15, 0.2) is 24.3 Å². The van der Waals surface area contributed by atoms with E-state index in [2.05, 4.69) is 16.0 Å². The van der Waals surface area contributed by atoms with Crippen molar-refractivity contribution in [2.24, 2.45) is 0 Å². The highest BCUT2D eigenvalue weighted by Gasteiger charge is 2.20. The fourth-order valence-corrected chi connectivity index (χ4v) is 2.75. The number of hydrogen-bond acceptors (Lipinski definition) is 4. The second-order valence-electron chi connectivity index (χ2n) is 5.86. The van der Waals surface area contributed by atoms with E-state index in [9.17, 15) is 9.59 Å². The summed E-state index contributed by atoms with van der Waals surface area (Å²) < 4.78 is 5.23.